The summed E-state index contributed by atoms with van der Waals surface area (Å²) >= 11 is 7.40. The van der Waals surface area contributed by atoms with E-state index in [9.17, 15) is 14.0 Å². The van der Waals surface area contributed by atoms with Gasteiger partial charge in [-0.3, -0.25) is 9.59 Å². The van der Waals surface area contributed by atoms with Gasteiger partial charge >= 0.3 is 0 Å². The Kier molecular flexibility index (Phi) is 11.3. The highest BCUT2D eigenvalue weighted by Gasteiger charge is 2.18. The van der Waals surface area contributed by atoms with E-state index in [0.717, 1.165) is 41.9 Å². The van der Waals surface area contributed by atoms with Crippen LogP contribution in [0.2, 0.25) is 5.02 Å². The summed E-state index contributed by atoms with van der Waals surface area (Å²) < 4.78 is 15.1. The summed E-state index contributed by atoms with van der Waals surface area (Å²) in [5, 5.41) is 1.15. The van der Waals surface area contributed by atoms with Crippen LogP contribution in [-0.4, -0.2) is 51.4 Å². The van der Waals surface area contributed by atoms with Gasteiger partial charge in [-0.15, -0.1) is 0 Å². The lowest BCUT2D eigenvalue weighted by molar-refractivity contribution is -0.132. The van der Waals surface area contributed by atoms with Gasteiger partial charge in [-0.1, -0.05) is 85.7 Å². The largest absolute Gasteiger partial charge is 0.336 e. The van der Waals surface area contributed by atoms with Crippen LogP contribution >= 0.6 is 23.4 Å². The number of carbonyl (C=O) groups excluding carboxylic acids is 1. The van der Waals surface area contributed by atoms with Crippen LogP contribution in [0.15, 0.2) is 88.9 Å². The van der Waals surface area contributed by atoms with Gasteiger partial charge in [0, 0.05) is 42.2 Å². The minimum Gasteiger partial charge on any atom is -0.336 e. The molecule has 0 unspecified atom stereocenters. The van der Waals surface area contributed by atoms with E-state index in [2.05, 4.69) is 48.0 Å². The molecular weight excluding hydrogens is 571 g/mol. The van der Waals surface area contributed by atoms with Crippen molar-refractivity contribution in [3.8, 4) is 11.1 Å². The molecule has 1 amide bonds. The van der Waals surface area contributed by atoms with Crippen molar-refractivity contribution in [3.63, 3.8) is 0 Å². The number of hydrogen-bond acceptors (Lipinski definition) is 5. The molecule has 220 valence electrons. The second-order valence-corrected chi connectivity index (χ2v) is 11.5. The topological polar surface area (TPSA) is 58.4 Å². The average molecular weight is 607 g/mol. The molecule has 0 aliphatic carbocycles. The van der Waals surface area contributed by atoms with Crippen LogP contribution < -0.4 is 5.56 Å². The van der Waals surface area contributed by atoms with Crippen molar-refractivity contribution >= 4 is 29.3 Å². The number of halogens is 2. The molecule has 1 heterocycles. The van der Waals surface area contributed by atoms with Crippen LogP contribution in [0.1, 0.15) is 30.5 Å². The minimum atomic E-state index is -0.320. The summed E-state index contributed by atoms with van der Waals surface area (Å²) in [6.45, 7) is 9.59. The van der Waals surface area contributed by atoms with E-state index in [4.69, 9.17) is 11.6 Å². The van der Waals surface area contributed by atoms with E-state index in [1.54, 1.807) is 29.8 Å². The fourth-order valence-corrected chi connectivity index (χ4v) is 5.59. The molecule has 0 bridgehead atoms. The molecule has 0 saturated heterocycles. The zero-order valence-electron chi connectivity index (χ0n) is 24.2. The maximum Gasteiger partial charge on any atom is 0.276 e. The van der Waals surface area contributed by atoms with Crippen LogP contribution in [0.3, 0.4) is 0 Å². The zero-order valence-corrected chi connectivity index (χ0v) is 25.8. The number of rotatable bonds is 13. The van der Waals surface area contributed by atoms with Gasteiger partial charge in [-0.25, -0.2) is 4.39 Å². The van der Waals surface area contributed by atoms with Crippen molar-refractivity contribution in [1.82, 2.24) is 19.4 Å². The molecule has 3 aromatic carbocycles. The molecular formula is C33H36ClFN4O2S. The Morgan fingerprint density at radius 1 is 0.905 bits per heavy atom. The van der Waals surface area contributed by atoms with E-state index >= 15 is 0 Å². The SMILES string of the molecule is CCN(CC)CCN(Cc1ccc(-c2ccc(Cl)cc2)cc1)C(=O)Cn1cc(C)c(=O)nc1SCc1ccc(F)cc1. The lowest BCUT2D eigenvalue weighted by atomic mass is 10.0. The quantitative estimate of drug-likeness (QED) is 0.126. The van der Waals surface area contributed by atoms with Crippen molar-refractivity contribution in [2.75, 3.05) is 26.2 Å². The fourth-order valence-electron chi connectivity index (χ4n) is 4.55. The third kappa shape index (κ3) is 8.77. The molecule has 9 heteroatoms. The Labute approximate surface area is 256 Å². The molecule has 0 radical (unpaired) electrons. The monoisotopic (exact) mass is 606 g/mol. The lowest BCUT2D eigenvalue weighted by Gasteiger charge is -2.27. The Morgan fingerprint density at radius 2 is 1.50 bits per heavy atom. The lowest BCUT2D eigenvalue weighted by Crippen LogP contribution is -2.40. The number of hydrogen-bond donors (Lipinski definition) is 0. The zero-order chi connectivity index (χ0) is 30.1. The highest BCUT2D eigenvalue weighted by Crippen LogP contribution is 2.23. The number of aromatic nitrogens is 2. The van der Waals surface area contributed by atoms with Gasteiger partial charge in [0.1, 0.15) is 12.4 Å². The smallest absolute Gasteiger partial charge is 0.276 e. The number of nitrogens with zero attached hydrogens (tertiary/aromatic N) is 4. The van der Waals surface area contributed by atoms with E-state index in [1.165, 1.54) is 23.9 Å². The highest BCUT2D eigenvalue weighted by molar-refractivity contribution is 7.98. The summed E-state index contributed by atoms with van der Waals surface area (Å²) in [5.41, 5.74) is 4.24. The van der Waals surface area contributed by atoms with Crippen molar-refractivity contribution in [2.45, 2.75) is 44.8 Å². The van der Waals surface area contributed by atoms with Gasteiger partial charge in [-0.2, -0.15) is 4.98 Å². The summed E-state index contributed by atoms with van der Waals surface area (Å²) in [4.78, 5) is 34.6. The summed E-state index contributed by atoms with van der Waals surface area (Å²) in [5.74, 6) is 0.136. The first-order valence-corrected chi connectivity index (χ1v) is 15.4. The predicted octanol–water partition coefficient (Wildman–Crippen LogP) is 6.67. The maximum atomic E-state index is 13.8. The van der Waals surface area contributed by atoms with E-state index in [-0.39, 0.29) is 23.8 Å². The number of thioether (sulfide) groups is 1. The second kappa shape index (κ2) is 15.1. The summed E-state index contributed by atoms with van der Waals surface area (Å²) in [6, 6.07) is 22.2. The predicted molar refractivity (Wildman–Crippen MR) is 169 cm³/mol. The van der Waals surface area contributed by atoms with Gasteiger partial charge in [0.2, 0.25) is 5.91 Å². The molecule has 4 aromatic rings. The molecule has 0 saturated carbocycles. The third-order valence-corrected chi connectivity index (χ3v) is 8.47. The molecule has 0 spiro atoms. The Bertz CT molecular complexity index is 1520. The molecule has 0 atom stereocenters. The molecule has 0 fully saturated rings. The Hall–Kier alpha value is -3.46. The number of likely N-dealkylation sites (N-methyl/N-ethyl adjacent to an activating group) is 1. The normalized spacial score (nSPS) is 11.2. The van der Waals surface area contributed by atoms with Crippen molar-refractivity contribution in [2.24, 2.45) is 0 Å². The minimum absolute atomic E-state index is 0.0565. The number of aryl methyl sites for hydroxylation is 1. The molecule has 0 aliphatic heterocycles. The highest BCUT2D eigenvalue weighted by atomic mass is 35.5. The van der Waals surface area contributed by atoms with Crippen molar-refractivity contribution < 1.29 is 9.18 Å². The van der Waals surface area contributed by atoms with Gasteiger partial charge in [0.05, 0.1) is 0 Å². The fraction of sp³-hybridized carbons (Fsp3) is 0.303. The molecule has 4 rings (SSSR count). The summed E-state index contributed by atoms with van der Waals surface area (Å²) in [7, 11) is 0. The molecule has 0 N–H and O–H groups in total. The van der Waals surface area contributed by atoms with Gasteiger partial charge in [0.25, 0.3) is 5.56 Å². The maximum absolute atomic E-state index is 13.8. The van der Waals surface area contributed by atoms with Gasteiger partial charge in [0.15, 0.2) is 5.16 Å². The van der Waals surface area contributed by atoms with Gasteiger partial charge in [-0.05, 0) is 66.5 Å². The third-order valence-electron chi connectivity index (χ3n) is 7.15. The summed E-state index contributed by atoms with van der Waals surface area (Å²) in [6.07, 6.45) is 1.70. The van der Waals surface area contributed by atoms with Gasteiger partial charge < -0.3 is 14.4 Å². The van der Waals surface area contributed by atoms with Crippen LogP contribution in [0.5, 0.6) is 0 Å². The number of benzene rings is 3. The van der Waals surface area contributed by atoms with E-state index in [1.807, 2.05) is 29.2 Å². The van der Waals surface area contributed by atoms with Crippen molar-refractivity contribution in [3.05, 3.63) is 117 Å². The molecule has 0 aliphatic rings. The second-order valence-electron chi connectivity index (χ2n) is 10.1. The Morgan fingerprint density at radius 3 is 2.12 bits per heavy atom. The standard InChI is InChI=1S/C33H36ClFN4O2S/c1-4-37(5-2)18-19-38(21-25-6-10-27(11-7-25)28-12-14-29(34)15-13-28)31(40)22-39-20-24(3)32(41)36-33(39)42-23-26-8-16-30(35)17-9-26/h6-17,20H,4-5,18-19,21-23H2,1-3H3. The Balaban J connectivity index is 1.53. The average Bonchev–Trinajstić information content (AvgIpc) is 2.99. The van der Waals surface area contributed by atoms with Crippen molar-refractivity contribution in [1.29, 1.82) is 0 Å². The molecule has 6 nitrogen and oxygen atoms in total. The molecule has 1 aromatic heterocycles. The van der Waals surface area contributed by atoms with Crippen LogP contribution in [0.25, 0.3) is 11.1 Å². The van der Waals surface area contributed by atoms with Crippen LogP contribution in [-0.2, 0) is 23.6 Å². The van der Waals surface area contributed by atoms with Crippen LogP contribution in [0.4, 0.5) is 4.39 Å². The van der Waals surface area contributed by atoms with E-state index in [0.29, 0.717) is 34.6 Å². The number of amides is 1. The van der Waals surface area contributed by atoms with E-state index < -0.39 is 0 Å². The number of carbonyl (C=O) groups is 1. The first kappa shape index (κ1) is 31.5. The first-order chi connectivity index (χ1) is 20.2. The first-order valence-electron chi connectivity index (χ1n) is 14.1. The molecule has 42 heavy (non-hydrogen) atoms. The van der Waals surface area contributed by atoms with Crippen LogP contribution in [0, 0.1) is 12.7 Å².